The summed E-state index contributed by atoms with van der Waals surface area (Å²) >= 11 is 0. The van der Waals surface area contributed by atoms with Gasteiger partial charge in [-0.25, -0.2) is 0 Å². The maximum absolute atomic E-state index is 11.0. The second kappa shape index (κ2) is 5.41. The first-order chi connectivity index (χ1) is 7.25. The van der Waals surface area contributed by atoms with Gasteiger partial charge in [0.1, 0.15) is 0 Å². The van der Waals surface area contributed by atoms with Gasteiger partial charge in [0, 0.05) is 55.0 Å². The largest absolute Gasteiger partial charge is 0.300 e. The van der Waals surface area contributed by atoms with Gasteiger partial charge in [-0.3, -0.25) is 14.0 Å². The Labute approximate surface area is 95.3 Å². The van der Waals surface area contributed by atoms with Crippen molar-refractivity contribution in [2.75, 3.05) is 44.7 Å². The number of piperidine rings is 1. The van der Waals surface area contributed by atoms with E-state index in [1.165, 1.54) is 45.4 Å². The van der Waals surface area contributed by atoms with Gasteiger partial charge >= 0.3 is 0 Å². The first-order valence-corrected chi connectivity index (χ1v) is 7.75. The van der Waals surface area contributed by atoms with Crippen molar-refractivity contribution in [2.45, 2.75) is 25.3 Å². The summed E-state index contributed by atoms with van der Waals surface area (Å²) in [5, 5.41) is 0. The summed E-state index contributed by atoms with van der Waals surface area (Å²) in [7, 11) is -0.632. The third-order valence-corrected chi connectivity index (χ3v) is 4.37. The monoisotopic (exact) mass is 230 g/mol. The molecule has 2 fully saturated rings. The van der Waals surface area contributed by atoms with Crippen molar-refractivity contribution in [3.8, 4) is 0 Å². The Morgan fingerprint density at radius 1 is 1.27 bits per heavy atom. The first-order valence-electron chi connectivity index (χ1n) is 6.02. The second-order valence-corrected chi connectivity index (χ2v) is 6.32. The molecule has 2 atom stereocenters. The van der Waals surface area contributed by atoms with Crippen molar-refractivity contribution in [1.29, 1.82) is 0 Å². The molecule has 0 aromatic rings. The predicted octanol–water partition coefficient (Wildman–Crippen LogP) is 0.535. The van der Waals surface area contributed by atoms with Gasteiger partial charge in [-0.15, -0.1) is 0 Å². The third kappa shape index (κ3) is 3.26. The summed E-state index contributed by atoms with van der Waals surface area (Å²) in [5.74, 6) is 0.840. The molecule has 2 saturated heterocycles. The zero-order chi connectivity index (χ0) is 10.7. The zero-order valence-electron chi connectivity index (χ0n) is 9.65. The van der Waals surface area contributed by atoms with Crippen molar-refractivity contribution in [3.05, 3.63) is 0 Å². The Bertz CT molecular complexity index is 235. The minimum absolute atomic E-state index is 0.632. The maximum Gasteiger partial charge on any atom is 0.0359 e. The highest BCUT2D eigenvalue weighted by molar-refractivity contribution is 7.84. The Hall–Kier alpha value is 0.0700. The summed E-state index contributed by atoms with van der Waals surface area (Å²) in [4.78, 5) is 5.14. The minimum Gasteiger partial charge on any atom is -0.300 e. The molecule has 0 aromatic heterocycles. The molecule has 2 rings (SSSR count). The molecule has 88 valence electrons. The van der Waals surface area contributed by atoms with Crippen LogP contribution >= 0.6 is 0 Å². The summed E-state index contributed by atoms with van der Waals surface area (Å²) in [6.45, 7) is 5.93. The van der Waals surface area contributed by atoms with E-state index >= 15 is 0 Å². The molecule has 2 aliphatic rings. The van der Waals surface area contributed by atoms with Crippen molar-refractivity contribution >= 4 is 10.8 Å². The molecule has 0 bridgehead atoms. The van der Waals surface area contributed by atoms with Crippen LogP contribution in [0.3, 0.4) is 0 Å². The average Bonchev–Trinajstić information content (AvgIpc) is 2.26. The fourth-order valence-electron chi connectivity index (χ4n) is 2.68. The molecule has 0 N–H and O–H groups in total. The van der Waals surface area contributed by atoms with E-state index in [9.17, 15) is 4.21 Å². The van der Waals surface area contributed by atoms with Crippen LogP contribution < -0.4 is 0 Å². The number of rotatable bonds is 3. The van der Waals surface area contributed by atoms with Gasteiger partial charge in [0.2, 0.25) is 0 Å². The van der Waals surface area contributed by atoms with Gasteiger partial charge in [-0.1, -0.05) is 6.42 Å². The maximum atomic E-state index is 11.0. The summed E-state index contributed by atoms with van der Waals surface area (Å²) in [6, 6.07) is 0.790. The molecule has 2 aliphatic heterocycles. The smallest absolute Gasteiger partial charge is 0.0359 e. The first kappa shape index (κ1) is 11.6. The van der Waals surface area contributed by atoms with Gasteiger partial charge in [-0.05, 0) is 19.4 Å². The zero-order valence-corrected chi connectivity index (χ0v) is 10.5. The van der Waals surface area contributed by atoms with E-state index in [-0.39, 0.29) is 0 Å². The fourth-order valence-corrected chi connectivity index (χ4v) is 3.20. The molecule has 0 saturated carbocycles. The normalized spacial score (nSPS) is 31.1. The van der Waals surface area contributed by atoms with Crippen molar-refractivity contribution in [2.24, 2.45) is 0 Å². The van der Waals surface area contributed by atoms with Crippen LogP contribution in [0.25, 0.3) is 0 Å². The average molecular weight is 230 g/mol. The van der Waals surface area contributed by atoms with Crippen LogP contribution in [0.1, 0.15) is 19.3 Å². The molecular formula is C11H22N2OS. The van der Waals surface area contributed by atoms with E-state index in [0.717, 1.165) is 18.3 Å². The molecule has 4 heteroatoms. The number of hydrogen-bond acceptors (Lipinski definition) is 3. The van der Waals surface area contributed by atoms with E-state index in [0.29, 0.717) is 0 Å². The molecule has 3 nitrogen and oxygen atoms in total. The van der Waals surface area contributed by atoms with E-state index in [1.807, 2.05) is 0 Å². The molecule has 0 spiro atoms. The van der Waals surface area contributed by atoms with Crippen molar-refractivity contribution in [1.82, 2.24) is 9.80 Å². The number of piperazine rings is 1. The quantitative estimate of drug-likeness (QED) is 0.707. The van der Waals surface area contributed by atoms with Crippen molar-refractivity contribution < 1.29 is 4.21 Å². The molecule has 2 unspecified atom stereocenters. The van der Waals surface area contributed by atoms with E-state index < -0.39 is 10.8 Å². The Morgan fingerprint density at radius 2 is 2.13 bits per heavy atom. The Balaban J connectivity index is 1.78. The molecule has 0 amide bonds. The third-order valence-electron chi connectivity index (χ3n) is 3.62. The topological polar surface area (TPSA) is 23.6 Å². The van der Waals surface area contributed by atoms with Crippen LogP contribution in [-0.2, 0) is 10.8 Å². The van der Waals surface area contributed by atoms with Gasteiger partial charge in [0.25, 0.3) is 0 Å². The molecular weight excluding hydrogens is 208 g/mol. The highest BCUT2D eigenvalue weighted by Crippen LogP contribution is 2.20. The lowest BCUT2D eigenvalue weighted by Gasteiger charge is -2.44. The van der Waals surface area contributed by atoms with Gasteiger partial charge < -0.3 is 0 Å². The number of nitrogens with zero attached hydrogens (tertiary/aromatic N) is 2. The molecule has 0 aromatic carbocycles. The SMILES string of the molecule is CS(=O)CCN1CCN2CCCCC2C1. The van der Waals surface area contributed by atoms with E-state index in [2.05, 4.69) is 9.80 Å². The molecule has 2 heterocycles. The Kier molecular flexibility index (Phi) is 4.17. The van der Waals surface area contributed by atoms with Gasteiger partial charge in [0.15, 0.2) is 0 Å². The minimum atomic E-state index is -0.632. The summed E-state index contributed by atoms with van der Waals surface area (Å²) < 4.78 is 11.0. The van der Waals surface area contributed by atoms with Crippen LogP contribution in [0.5, 0.6) is 0 Å². The van der Waals surface area contributed by atoms with E-state index in [1.54, 1.807) is 6.26 Å². The highest BCUT2D eigenvalue weighted by atomic mass is 32.2. The summed E-state index contributed by atoms with van der Waals surface area (Å²) in [6.07, 6.45) is 5.95. The van der Waals surface area contributed by atoms with Crippen LogP contribution in [0.15, 0.2) is 0 Å². The van der Waals surface area contributed by atoms with Crippen LogP contribution in [0.4, 0.5) is 0 Å². The molecule has 0 radical (unpaired) electrons. The van der Waals surface area contributed by atoms with E-state index in [4.69, 9.17) is 0 Å². The highest BCUT2D eigenvalue weighted by Gasteiger charge is 2.28. The lowest BCUT2D eigenvalue weighted by molar-refractivity contribution is 0.0526. The van der Waals surface area contributed by atoms with Gasteiger partial charge in [0.05, 0.1) is 0 Å². The fraction of sp³-hybridized carbons (Fsp3) is 1.00. The lowest BCUT2D eigenvalue weighted by atomic mass is 10.00. The number of hydrogen-bond donors (Lipinski definition) is 0. The Morgan fingerprint density at radius 3 is 2.93 bits per heavy atom. The lowest BCUT2D eigenvalue weighted by Crippen LogP contribution is -2.55. The van der Waals surface area contributed by atoms with Crippen LogP contribution in [0, 0.1) is 0 Å². The predicted molar refractivity (Wildman–Crippen MR) is 64.6 cm³/mol. The standard InChI is InChI=1S/C11H22N2OS/c1-15(14)9-8-12-6-7-13-5-3-2-4-11(13)10-12/h11H,2-10H2,1H3. The van der Waals surface area contributed by atoms with Crippen molar-refractivity contribution in [3.63, 3.8) is 0 Å². The second-order valence-electron chi connectivity index (χ2n) is 4.76. The summed E-state index contributed by atoms with van der Waals surface area (Å²) in [5.41, 5.74) is 0. The van der Waals surface area contributed by atoms with Crippen LogP contribution in [-0.4, -0.2) is 64.8 Å². The van der Waals surface area contributed by atoms with Gasteiger partial charge in [-0.2, -0.15) is 0 Å². The molecule has 0 aliphatic carbocycles. The molecule has 15 heavy (non-hydrogen) atoms. The number of fused-ring (bicyclic) bond motifs is 1. The van der Waals surface area contributed by atoms with Crippen LogP contribution in [0.2, 0.25) is 0 Å².